The van der Waals surface area contributed by atoms with Gasteiger partial charge in [0.1, 0.15) is 5.82 Å². The molecule has 2 N–H and O–H groups in total. The first-order valence-electron chi connectivity index (χ1n) is 6.15. The Morgan fingerprint density at radius 2 is 2.06 bits per heavy atom. The molecule has 0 unspecified atom stereocenters. The fraction of sp³-hybridized carbons (Fsp3) is 0.583. The Bertz CT molecular complexity index is 455. The standard InChI is InChI=1S/C12H18N4O2/c1-12(7-3-4-8-12)15-11-9(16(17)18)5-6-10(13-2)14-11/h5-6H,3-4,7-8H2,1-2H3,(H2,13,14,15). The smallest absolute Gasteiger partial charge is 0.311 e. The fourth-order valence-corrected chi connectivity index (χ4v) is 2.40. The van der Waals surface area contributed by atoms with E-state index in [1.807, 2.05) is 0 Å². The van der Waals surface area contributed by atoms with Crippen LogP contribution in [0.15, 0.2) is 12.1 Å². The van der Waals surface area contributed by atoms with Gasteiger partial charge in [-0.15, -0.1) is 0 Å². The zero-order chi connectivity index (χ0) is 13.2. The lowest BCUT2D eigenvalue weighted by Crippen LogP contribution is -2.31. The first-order valence-corrected chi connectivity index (χ1v) is 6.15. The molecule has 1 aromatic heterocycles. The van der Waals surface area contributed by atoms with E-state index in [4.69, 9.17) is 0 Å². The molecule has 0 bridgehead atoms. The normalized spacial score (nSPS) is 17.4. The monoisotopic (exact) mass is 250 g/mol. The van der Waals surface area contributed by atoms with Gasteiger partial charge in [0.2, 0.25) is 5.82 Å². The molecule has 6 heteroatoms. The predicted octanol–water partition coefficient (Wildman–Crippen LogP) is 2.78. The Morgan fingerprint density at radius 3 is 2.61 bits per heavy atom. The van der Waals surface area contributed by atoms with E-state index in [9.17, 15) is 10.1 Å². The summed E-state index contributed by atoms with van der Waals surface area (Å²) in [5.41, 5.74) is -0.0495. The van der Waals surface area contributed by atoms with Gasteiger partial charge in [-0.1, -0.05) is 12.8 Å². The number of anilines is 2. The van der Waals surface area contributed by atoms with Crippen molar-refractivity contribution in [1.29, 1.82) is 0 Å². The maximum absolute atomic E-state index is 11.0. The molecule has 18 heavy (non-hydrogen) atoms. The van der Waals surface area contributed by atoms with Gasteiger partial charge in [-0.2, -0.15) is 0 Å². The average molecular weight is 250 g/mol. The fourth-order valence-electron chi connectivity index (χ4n) is 2.40. The molecule has 0 atom stereocenters. The summed E-state index contributed by atoms with van der Waals surface area (Å²) in [5.74, 6) is 0.987. The van der Waals surface area contributed by atoms with Crippen molar-refractivity contribution in [3.05, 3.63) is 22.2 Å². The Morgan fingerprint density at radius 1 is 1.39 bits per heavy atom. The molecule has 1 saturated carbocycles. The summed E-state index contributed by atoms with van der Waals surface area (Å²) in [5, 5.41) is 17.2. The van der Waals surface area contributed by atoms with Crippen molar-refractivity contribution in [2.45, 2.75) is 38.1 Å². The van der Waals surface area contributed by atoms with E-state index in [1.165, 1.54) is 6.07 Å². The second-order valence-electron chi connectivity index (χ2n) is 4.96. The Hall–Kier alpha value is -1.85. The summed E-state index contributed by atoms with van der Waals surface area (Å²) in [4.78, 5) is 14.9. The summed E-state index contributed by atoms with van der Waals surface area (Å²) in [6.07, 6.45) is 4.36. The average Bonchev–Trinajstić information content (AvgIpc) is 2.75. The molecule has 0 radical (unpaired) electrons. The molecule has 0 saturated heterocycles. The Kier molecular flexibility index (Phi) is 3.36. The van der Waals surface area contributed by atoms with Crippen LogP contribution in [0.4, 0.5) is 17.3 Å². The van der Waals surface area contributed by atoms with Gasteiger partial charge >= 0.3 is 5.69 Å². The maximum atomic E-state index is 11.0. The lowest BCUT2D eigenvalue weighted by atomic mass is 10.0. The third kappa shape index (κ3) is 2.52. The van der Waals surface area contributed by atoms with E-state index < -0.39 is 4.92 Å². The first kappa shape index (κ1) is 12.6. The molecule has 1 aliphatic rings. The highest BCUT2D eigenvalue weighted by molar-refractivity contribution is 5.61. The summed E-state index contributed by atoms with van der Waals surface area (Å²) in [7, 11) is 1.75. The zero-order valence-corrected chi connectivity index (χ0v) is 10.7. The lowest BCUT2D eigenvalue weighted by Gasteiger charge is -2.25. The Balaban J connectivity index is 2.31. The molecule has 0 aliphatic heterocycles. The number of rotatable bonds is 4. The highest BCUT2D eigenvalue weighted by Crippen LogP contribution is 2.35. The number of pyridine rings is 1. The number of nitro groups is 1. The molecule has 6 nitrogen and oxygen atoms in total. The van der Waals surface area contributed by atoms with Crippen LogP contribution in [0.2, 0.25) is 0 Å². The van der Waals surface area contributed by atoms with E-state index in [2.05, 4.69) is 22.5 Å². The maximum Gasteiger partial charge on any atom is 0.311 e. The van der Waals surface area contributed by atoms with Crippen LogP contribution in [0.5, 0.6) is 0 Å². The minimum atomic E-state index is -0.396. The van der Waals surface area contributed by atoms with Crippen LogP contribution in [-0.2, 0) is 0 Å². The lowest BCUT2D eigenvalue weighted by molar-refractivity contribution is -0.384. The van der Waals surface area contributed by atoms with Crippen molar-refractivity contribution in [3.63, 3.8) is 0 Å². The van der Waals surface area contributed by atoms with Crippen molar-refractivity contribution in [3.8, 4) is 0 Å². The van der Waals surface area contributed by atoms with E-state index in [1.54, 1.807) is 13.1 Å². The molecule has 98 valence electrons. The summed E-state index contributed by atoms with van der Waals surface area (Å²) >= 11 is 0. The second kappa shape index (κ2) is 4.80. The van der Waals surface area contributed by atoms with Gasteiger partial charge in [0.25, 0.3) is 0 Å². The number of aromatic nitrogens is 1. The highest BCUT2D eigenvalue weighted by atomic mass is 16.6. The molecule has 1 heterocycles. The number of hydrogen-bond acceptors (Lipinski definition) is 5. The molecule has 1 aliphatic carbocycles. The third-order valence-electron chi connectivity index (χ3n) is 3.45. The van der Waals surface area contributed by atoms with E-state index in [0.717, 1.165) is 25.7 Å². The van der Waals surface area contributed by atoms with Crippen molar-refractivity contribution in [1.82, 2.24) is 4.98 Å². The van der Waals surface area contributed by atoms with Gasteiger partial charge in [-0.05, 0) is 25.8 Å². The van der Waals surface area contributed by atoms with Crippen LogP contribution < -0.4 is 10.6 Å². The minimum absolute atomic E-state index is 0.0297. The summed E-state index contributed by atoms with van der Waals surface area (Å²) < 4.78 is 0. The van der Waals surface area contributed by atoms with Gasteiger partial charge in [0, 0.05) is 18.7 Å². The van der Waals surface area contributed by atoms with Gasteiger partial charge in [-0.25, -0.2) is 4.98 Å². The van der Waals surface area contributed by atoms with Crippen LogP contribution in [0, 0.1) is 10.1 Å². The molecular formula is C12H18N4O2. The molecule has 1 aromatic rings. The third-order valence-corrected chi connectivity index (χ3v) is 3.45. The predicted molar refractivity (Wildman–Crippen MR) is 70.9 cm³/mol. The van der Waals surface area contributed by atoms with E-state index in [0.29, 0.717) is 11.6 Å². The topological polar surface area (TPSA) is 80.1 Å². The van der Waals surface area contributed by atoms with Crippen LogP contribution in [0.1, 0.15) is 32.6 Å². The van der Waals surface area contributed by atoms with Gasteiger partial charge in [-0.3, -0.25) is 10.1 Å². The van der Waals surface area contributed by atoms with Gasteiger partial charge in [0.05, 0.1) is 4.92 Å². The summed E-state index contributed by atoms with van der Waals surface area (Å²) in [6.45, 7) is 2.09. The van der Waals surface area contributed by atoms with Crippen LogP contribution in [0.3, 0.4) is 0 Å². The highest BCUT2D eigenvalue weighted by Gasteiger charge is 2.31. The van der Waals surface area contributed by atoms with E-state index in [-0.39, 0.29) is 11.2 Å². The van der Waals surface area contributed by atoms with Gasteiger partial charge in [0.15, 0.2) is 0 Å². The van der Waals surface area contributed by atoms with Crippen molar-refractivity contribution in [2.75, 3.05) is 17.7 Å². The molecular weight excluding hydrogens is 232 g/mol. The number of nitrogens with one attached hydrogen (secondary N) is 2. The van der Waals surface area contributed by atoms with Crippen LogP contribution in [-0.4, -0.2) is 22.5 Å². The largest absolute Gasteiger partial charge is 0.373 e. The van der Waals surface area contributed by atoms with E-state index >= 15 is 0 Å². The quantitative estimate of drug-likeness (QED) is 0.634. The van der Waals surface area contributed by atoms with Crippen LogP contribution >= 0.6 is 0 Å². The number of hydrogen-bond donors (Lipinski definition) is 2. The molecule has 0 aromatic carbocycles. The summed E-state index contributed by atoms with van der Waals surface area (Å²) in [6, 6.07) is 3.10. The minimum Gasteiger partial charge on any atom is -0.373 e. The molecule has 2 rings (SSSR count). The SMILES string of the molecule is CNc1ccc([N+](=O)[O-])c(NC2(C)CCCC2)n1. The second-order valence-corrected chi connectivity index (χ2v) is 4.96. The molecule has 0 spiro atoms. The Labute approximate surface area is 106 Å². The molecule has 0 amide bonds. The van der Waals surface area contributed by atoms with Crippen molar-refractivity contribution >= 4 is 17.3 Å². The van der Waals surface area contributed by atoms with Crippen molar-refractivity contribution in [2.24, 2.45) is 0 Å². The number of nitrogens with zero attached hydrogens (tertiary/aromatic N) is 2. The van der Waals surface area contributed by atoms with Crippen LogP contribution in [0.25, 0.3) is 0 Å². The first-order chi connectivity index (χ1) is 8.54. The van der Waals surface area contributed by atoms with Crippen molar-refractivity contribution < 1.29 is 4.92 Å². The molecule has 1 fully saturated rings. The van der Waals surface area contributed by atoms with Gasteiger partial charge < -0.3 is 10.6 Å². The zero-order valence-electron chi connectivity index (χ0n) is 10.7.